The molecule has 2 heteroatoms. The Bertz CT molecular complexity index is 538. The lowest BCUT2D eigenvalue weighted by Gasteiger charge is -2.16. The Morgan fingerprint density at radius 2 is 1.09 bits per heavy atom. The van der Waals surface area contributed by atoms with Gasteiger partial charge in [0.25, 0.3) is 0 Å². The molecule has 0 aromatic heterocycles. The van der Waals surface area contributed by atoms with Crippen molar-refractivity contribution in [2.24, 2.45) is 0 Å². The number of ether oxygens (including phenoxy) is 2. The molecule has 2 aromatic carbocycles. The van der Waals surface area contributed by atoms with E-state index in [0.29, 0.717) is 0 Å². The molecule has 1 heterocycles. The quantitative estimate of drug-likeness (QED) is 0.765. The van der Waals surface area contributed by atoms with Gasteiger partial charge in [-0.1, -0.05) is 60.7 Å². The third kappa shape index (κ3) is 4.66. The molecule has 2 nitrogen and oxygen atoms in total. The van der Waals surface area contributed by atoms with E-state index in [4.69, 9.17) is 9.47 Å². The van der Waals surface area contributed by atoms with Crippen LogP contribution in [0.3, 0.4) is 0 Å². The summed E-state index contributed by atoms with van der Waals surface area (Å²) in [6.07, 6.45) is 4.43. The Morgan fingerprint density at radius 1 is 0.696 bits per heavy atom. The first-order valence-corrected chi connectivity index (χ1v) is 8.56. The molecule has 0 saturated carbocycles. The van der Waals surface area contributed by atoms with Gasteiger partial charge in [0.05, 0.1) is 12.2 Å². The highest BCUT2D eigenvalue weighted by Gasteiger charge is 2.40. The van der Waals surface area contributed by atoms with Crippen molar-refractivity contribution in [3.8, 4) is 0 Å². The molecule has 1 aliphatic rings. The minimum absolute atomic E-state index is 0.175. The summed E-state index contributed by atoms with van der Waals surface area (Å²) in [6.45, 7) is 4.04. The fraction of sp³-hybridized carbons (Fsp3) is 0.429. The number of rotatable bonds is 6. The lowest BCUT2D eigenvalue weighted by atomic mass is 9.99. The van der Waals surface area contributed by atoms with Crippen molar-refractivity contribution in [1.29, 1.82) is 0 Å². The topological polar surface area (TPSA) is 18.5 Å². The van der Waals surface area contributed by atoms with E-state index in [0.717, 1.165) is 25.7 Å². The molecular formula is C21H26O2. The van der Waals surface area contributed by atoms with E-state index in [1.54, 1.807) is 0 Å². The molecule has 0 spiro atoms. The van der Waals surface area contributed by atoms with Crippen LogP contribution in [0.15, 0.2) is 60.7 Å². The molecule has 0 N–H and O–H groups in total. The van der Waals surface area contributed by atoms with Crippen molar-refractivity contribution >= 4 is 0 Å². The molecule has 1 saturated heterocycles. The largest absolute Gasteiger partial charge is 0.345 e. The van der Waals surface area contributed by atoms with Gasteiger partial charge < -0.3 is 9.47 Å². The molecule has 122 valence electrons. The lowest BCUT2D eigenvalue weighted by Crippen LogP contribution is -2.23. The first-order valence-electron chi connectivity index (χ1n) is 8.56. The van der Waals surface area contributed by atoms with Crippen LogP contribution in [-0.4, -0.2) is 18.0 Å². The molecular weight excluding hydrogens is 284 g/mol. The van der Waals surface area contributed by atoms with Crippen molar-refractivity contribution < 1.29 is 9.47 Å². The van der Waals surface area contributed by atoms with E-state index in [2.05, 4.69) is 60.7 Å². The van der Waals surface area contributed by atoms with E-state index in [1.165, 1.54) is 11.1 Å². The van der Waals surface area contributed by atoms with Gasteiger partial charge in [-0.25, -0.2) is 0 Å². The van der Waals surface area contributed by atoms with Gasteiger partial charge >= 0.3 is 0 Å². The molecule has 3 rings (SSSR count). The fourth-order valence-electron chi connectivity index (χ4n) is 3.31. The third-order valence-electron chi connectivity index (χ3n) is 4.41. The standard InChI is InChI=1S/C21H26O2/c1-21(2)22-19(15-13-17-9-5-3-6-10-17)20(23-21)16-14-18-11-7-4-8-12-18/h3-12,19-20H,13-16H2,1-2H3/t19-,20-/m0/s1. The first kappa shape index (κ1) is 16.2. The summed E-state index contributed by atoms with van der Waals surface area (Å²) >= 11 is 0. The second-order valence-electron chi connectivity index (χ2n) is 6.76. The van der Waals surface area contributed by atoms with Crippen LogP contribution in [0.25, 0.3) is 0 Å². The van der Waals surface area contributed by atoms with E-state index in [9.17, 15) is 0 Å². The van der Waals surface area contributed by atoms with Gasteiger partial charge in [0, 0.05) is 0 Å². The van der Waals surface area contributed by atoms with Gasteiger partial charge in [-0.15, -0.1) is 0 Å². The van der Waals surface area contributed by atoms with Gasteiger partial charge in [0.2, 0.25) is 0 Å². The maximum atomic E-state index is 6.15. The van der Waals surface area contributed by atoms with E-state index in [-0.39, 0.29) is 12.2 Å². The van der Waals surface area contributed by atoms with Crippen LogP contribution < -0.4 is 0 Å². The Kier molecular flexibility index (Phi) is 5.14. The lowest BCUT2D eigenvalue weighted by molar-refractivity contribution is -0.147. The predicted molar refractivity (Wildman–Crippen MR) is 93.4 cm³/mol. The second kappa shape index (κ2) is 7.29. The van der Waals surface area contributed by atoms with Crippen LogP contribution in [0.1, 0.15) is 37.8 Å². The van der Waals surface area contributed by atoms with Crippen molar-refractivity contribution in [2.75, 3.05) is 0 Å². The zero-order valence-electron chi connectivity index (χ0n) is 14.1. The van der Waals surface area contributed by atoms with Crippen LogP contribution in [-0.2, 0) is 22.3 Å². The number of aryl methyl sites for hydroxylation is 2. The van der Waals surface area contributed by atoms with Gasteiger partial charge in [-0.3, -0.25) is 0 Å². The zero-order chi connectivity index (χ0) is 16.1. The Balaban J connectivity index is 1.58. The summed E-state index contributed by atoms with van der Waals surface area (Å²) in [7, 11) is 0. The Morgan fingerprint density at radius 3 is 1.48 bits per heavy atom. The van der Waals surface area contributed by atoms with Crippen LogP contribution in [0, 0.1) is 0 Å². The number of hydrogen-bond donors (Lipinski definition) is 0. The Labute approximate surface area is 139 Å². The van der Waals surface area contributed by atoms with Crippen LogP contribution in [0.5, 0.6) is 0 Å². The maximum Gasteiger partial charge on any atom is 0.163 e. The molecule has 0 radical (unpaired) electrons. The van der Waals surface area contributed by atoms with Gasteiger partial charge in [0.1, 0.15) is 0 Å². The molecule has 0 unspecified atom stereocenters. The van der Waals surface area contributed by atoms with Crippen LogP contribution >= 0.6 is 0 Å². The average Bonchev–Trinajstić information content (AvgIpc) is 2.87. The van der Waals surface area contributed by atoms with Gasteiger partial charge in [0.15, 0.2) is 5.79 Å². The van der Waals surface area contributed by atoms with Crippen LogP contribution in [0.4, 0.5) is 0 Å². The van der Waals surface area contributed by atoms with Gasteiger partial charge in [-0.2, -0.15) is 0 Å². The van der Waals surface area contributed by atoms with Crippen molar-refractivity contribution in [1.82, 2.24) is 0 Å². The first-order chi connectivity index (χ1) is 11.1. The second-order valence-corrected chi connectivity index (χ2v) is 6.76. The van der Waals surface area contributed by atoms with E-state index < -0.39 is 5.79 Å². The predicted octanol–water partition coefficient (Wildman–Crippen LogP) is 4.77. The highest BCUT2D eigenvalue weighted by atomic mass is 16.7. The number of benzene rings is 2. The molecule has 2 atom stereocenters. The van der Waals surface area contributed by atoms with Crippen molar-refractivity contribution in [3.63, 3.8) is 0 Å². The van der Waals surface area contributed by atoms with E-state index >= 15 is 0 Å². The monoisotopic (exact) mass is 310 g/mol. The average molecular weight is 310 g/mol. The SMILES string of the molecule is CC1(C)O[C@@H](CCc2ccccc2)[C@H](CCc2ccccc2)O1. The minimum Gasteiger partial charge on any atom is -0.345 e. The van der Waals surface area contributed by atoms with Crippen molar-refractivity contribution in [2.45, 2.75) is 57.5 Å². The minimum atomic E-state index is -0.470. The number of hydrogen-bond acceptors (Lipinski definition) is 2. The van der Waals surface area contributed by atoms with Crippen molar-refractivity contribution in [3.05, 3.63) is 71.8 Å². The summed E-state index contributed by atoms with van der Waals surface area (Å²) in [5, 5.41) is 0. The fourth-order valence-corrected chi connectivity index (χ4v) is 3.31. The zero-order valence-corrected chi connectivity index (χ0v) is 14.1. The maximum absolute atomic E-state index is 6.15. The van der Waals surface area contributed by atoms with Gasteiger partial charge in [-0.05, 0) is 50.7 Å². The summed E-state index contributed by atoms with van der Waals surface area (Å²) in [4.78, 5) is 0. The molecule has 23 heavy (non-hydrogen) atoms. The highest BCUT2D eigenvalue weighted by molar-refractivity contribution is 5.16. The normalized spacial score (nSPS) is 23.0. The third-order valence-corrected chi connectivity index (χ3v) is 4.41. The molecule has 1 aliphatic heterocycles. The summed E-state index contributed by atoms with van der Waals surface area (Å²) in [5.41, 5.74) is 2.73. The molecule has 0 aliphatic carbocycles. The Hall–Kier alpha value is -1.64. The van der Waals surface area contributed by atoms with Crippen LogP contribution in [0.2, 0.25) is 0 Å². The summed E-state index contributed by atoms with van der Waals surface area (Å²) in [6, 6.07) is 21.2. The molecule has 2 aromatic rings. The molecule has 0 amide bonds. The summed E-state index contributed by atoms with van der Waals surface area (Å²) < 4.78 is 12.3. The highest BCUT2D eigenvalue weighted by Crippen LogP contribution is 2.33. The smallest absolute Gasteiger partial charge is 0.163 e. The molecule has 1 fully saturated rings. The molecule has 0 bridgehead atoms. The van der Waals surface area contributed by atoms with E-state index in [1.807, 2.05) is 13.8 Å². The summed E-state index contributed by atoms with van der Waals surface area (Å²) in [5.74, 6) is -0.470.